The van der Waals surface area contributed by atoms with Gasteiger partial charge in [0.15, 0.2) is 5.69 Å². The van der Waals surface area contributed by atoms with Gasteiger partial charge in [-0.05, 0) is 65.9 Å². The van der Waals surface area contributed by atoms with Crippen molar-refractivity contribution in [3.63, 3.8) is 0 Å². The summed E-state index contributed by atoms with van der Waals surface area (Å²) in [4.78, 5) is 22.8. The van der Waals surface area contributed by atoms with Gasteiger partial charge in [-0.1, -0.05) is 0 Å². The fourth-order valence-corrected chi connectivity index (χ4v) is 2.54. The maximum absolute atomic E-state index is 12.5. The van der Waals surface area contributed by atoms with Crippen LogP contribution in [0.25, 0.3) is 5.69 Å². The molecule has 3 aromatic rings. The predicted molar refractivity (Wildman–Crippen MR) is 101 cm³/mol. The number of aryl methyl sites for hydroxylation is 1. The third-order valence-corrected chi connectivity index (χ3v) is 4.17. The molecule has 0 saturated carbocycles. The molecule has 3 rings (SSSR count). The average molecular weight is 449 g/mol. The maximum Gasteiger partial charge on any atom is 0.299 e. The van der Waals surface area contributed by atoms with Gasteiger partial charge in [0.25, 0.3) is 11.2 Å². The van der Waals surface area contributed by atoms with Crippen molar-refractivity contribution < 1.29 is 4.92 Å². The Bertz CT molecular complexity index is 1000. The molecule has 2 aromatic carbocycles. The van der Waals surface area contributed by atoms with Crippen molar-refractivity contribution in [3.8, 4) is 5.69 Å². The summed E-state index contributed by atoms with van der Waals surface area (Å²) in [6, 6.07) is 13.1. The smallest absolute Gasteiger partial charge is 0.293 e. The normalized spacial score (nSPS) is 11.1. The number of nitro groups is 1. The first-order valence-corrected chi connectivity index (χ1v) is 8.27. The van der Waals surface area contributed by atoms with E-state index in [0.29, 0.717) is 17.1 Å². The molecule has 0 unspecified atom stereocenters. The minimum atomic E-state index is -0.493. The van der Waals surface area contributed by atoms with Crippen molar-refractivity contribution >= 4 is 39.7 Å². The summed E-state index contributed by atoms with van der Waals surface area (Å²) in [7, 11) is 0. The second-order valence-corrected chi connectivity index (χ2v) is 6.42. The predicted octanol–water partition coefficient (Wildman–Crippen LogP) is 4.40. The van der Waals surface area contributed by atoms with E-state index in [4.69, 9.17) is 0 Å². The van der Waals surface area contributed by atoms with Crippen molar-refractivity contribution in [1.82, 2.24) is 9.78 Å². The van der Waals surface area contributed by atoms with Crippen LogP contribution in [0.5, 0.6) is 0 Å². The molecule has 1 N–H and O–H groups in total. The van der Waals surface area contributed by atoms with Crippen LogP contribution in [0.1, 0.15) is 5.69 Å². The number of benzene rings is 2. The second kappa shape index (κ2) is 6.97. The highest BCUT2D eigenvalue weighted by atomic mass is 127. The van der Waals surface area contributed by atoms with E-state index in [1.807, 2.05) is 24.3 Å². The Morgan fingerprint density at radius 1 is 1.08 bits per heavy atom. The maximum atomic E-state index is 12.5. The standard InChI is InChI=1S/C16H12IN5O3/c1-10-15(19-18-12-4-2-11(17)3-5-12)16(23)21(20-10)13-6-8-14(9-7-13)22(24)25/h2-9,20H,1H3. The second-order valence-electron chi connectivity index (χ2n) is 5.18. The third kappa shape index (κ3) is 3.65. The minimum absolute atomic E-state index is 0.0429. The lowest BCUT2D eigenvalue weighted by Gasteiger charge is -2.00. The third-order valence-electron chi connectivity index (χ3n) is 3.45. The van der Waals surface area contributed by atoms with Gasteiger partial charge in [0.2, 0.25) is 0 Å². The number of hydrogen-bond donors (Lipinski definition) is 1. The zero-order valence-electron chi connectivity index (χ0n) is 13.0. The molecule has 126 valence electrons. The number of hydrogen-bond acceptors (Lipinski definition) is 5. The summed E-state index contributed by atoms with van der Waals surface area (Å²) in [5.74, 6) is 0. The van der Waals surface area contributed by atoms with Crippen LogP contribution in [0.3, 0.4) is 0 Å². The van der Waals surface area contributed by atoms with Crippen molar-refractivity contribution in [3.05, 3.63) is 78.3 Å². The van der Waals surface area contributed by atoms with Gasteiger partial charge in [-0.25, -0.2) is 4.68 Å². The molecule has 0 radical (unpaired) electrons. The summed E-state index contributed by atoms with van der Waals surface area (Å²) in [6.07, 6.45) is 0. The molecule has 1 heterocycles. The number of aromatic nitrogens is 2. The quantitative estimate of drug-likeness (QED) is 0.276. The van der Waals surface area contributed by atoms with Crippen molar-refractivity contribution in [2.45, 2.75) is 6.92 Å². The number of aromatic amines is 1. The largest absolute Gasteiger partial charge is 0.299 e. The molecule has 0 amide bonds. The van der Waals surface area contributed by atoms with Gasteiger partial charge >= 0.3 is 0 Å². The minimum Gasteiger partial charge on any atom is -0.293 e. The Morgan fingerprint density at radius 2 is 1.72 bits per heavy atom. The zero-order valence-corrected chi connectivity index (χ0v) is 15.2. The van der Waals surface area contributed by atoms with E-state index in [1.165, 1.54) is 28.9 Å². The van der Waals surface area contributed by atoms with Gasteiger partial charge in [0, 0.05) is 15.7 Å². The Kier molecular flexibility index (Phi) is 4.74. The fourth-order valence-electron chi connectivity index (χ4n) is 2.18. The van der Waals surface area contributed by atoms with E-state index >= 15 is 0 Å². The number of azo groups is 1. The van der Waals surface area contributed by atoms with E-state index in [9.17, 15) is 14.9 Å². The highest BCUT2D eigenvalue weighted by Crippen LogP contribution is 2.20. The van der Waals surface area contributed by atoms with Gasteiger partial charge < -0.3 is 0 Å². The summed E-state index contributed by atoms with van der Waals surface area (Å²) in [5, 5.41) is 21.7. The molecule has 9 heteroatoms. The lowest BCUT2D eigenvalue weighted by molar-refractivity contribution is -0.384. The van der Waals surface area contributed by atoms with E-state index in [1.54, 1.807) is 6.92 Å². The lowest BCUT2D eigenvalue weighted by Crippen LogP contribution is -2.13. The highest BCUT2D eigenvalue weighted by molar-refractivity contribution is 14.1. The molecule has 25 heavy (non-hydrogen) atoms. The lowest BCUT2D eigenvalue weighted by atomic mass is 10.3. The van der Waals surface area contributed by atoms with Crippen LogP contribution in [-0.4, -0.2) is 14.7 Å². The summed E-state index contributed by atoms with van der Waals surface area (Å²) in [6.45, 7) is 1.71. The molecule has 0 spiro atoms. The van der Waals surface area contributed by atoms with Crippen LogP contribution < -0.4 is 5.56 Å². The number of nitro benzene ring substituents is 1. The average Bonchev–Trinajstić information content (AvgIpc) is 2.89. The molecule has 0 aliphatic heterocycles. The van der Waals surface area contributed by atoms with Crippen molar-refractivity contribution in [1.29, 1.82) is 0 Å². The number of nitrogens with one attached hydrogen (secondary N) is 1. The number of halogens is 1. The Labute approximate surface area is 155 Å². The first kappa shape index (κ1) is 17.0. The van der Waals surface area contributed by atoms with Crippen LogP contribution in [0, 0.1) is 20.6 Å². The number of H-pyrrole nitrogens is 1. The van der Waals surface area contributed by atoms with Crippen LogP contribution >= 0.6 is 22.6 Å². The van der Waals surface area contributed by atoms with Crippen LogP contribution in [-0.2, 0) is 0 Å². The molecular weight excluding hydrogens is 437 g/mol. The van der Waals surface area contributed by atoms with Crippen molar-refractivity contribution in [2.75, 3.05) is 0 Å². The zero-order chi connectivity index (χ0) is 18.0. The van der Waals surface area contributed by atoms with Crippen LogP contribution in [0.15, 0.2) is 63.6 Å². The van der Waals surface area contributed by atoms with Crippen molar-refractivity contribution in [2.24, 2.45) is 10.2 Å². The van der Waals surface area contributed by atoms with Crippen LogP contribution in [0.4, 0.5) is 17.1 Å². The molecule has 0 aliphatic rings. The topological polar surface area (TPSA) is 106 Å². The Balaban J connectivity index is 1.94. The van der Waals surface area contributed by atoms with Gasteiger partial charge in [-0.15, -0.1) is 5.11 Å². The molecular formula is C16H12IN5O3. The van der Waals surface area contributed by atoms with Gasteiger partial charge in [-0.3, -0.25) is 20.0 Å². The molecule has 0 aliphatic carbocycles. The van der Waals surface area contributed by atoms with Crippen LogP contribution in [0.2, 0.25) is 0 Å². The van der Waals surface area contributed by atoms with Gasteiger partial charge in [0.05, 0.1) is 22.0 Å². The molecule has 0 bridgehead atoms. The van der Waals surface area contributed by atoms with E-state index in [2.05, 4.69) is 37.9 Å². The first-order valence-electron chi connectivity index (χ1n) is 7.19. The summed E-state index contributed by atoms with van der Waals surface area (Å²) >= 11 is 2.19. The molecule has 1 aromatic heterocycles. The summed E-state index contributed by atoms with van der Waals surface area (Å²) < 4.78 is 2.36. The molecule has 8 nitrogen and oxygen atoms in total. The fraction of sp³-hybridized carbons (Fsp3) is 0.0625. The highest BCUT2D eigenvalue weighted by Gasteiger charge is 2.13. The summed E-state index contributed by atoms with van der Waals surface area (Å²) in [5.41, 5.74) is 1.45. The van der Waals surface area contributed by atoms with E-state index < -0.39 is 4.92 Å². The SMILES string of the molecule is Cc1[nH]n(-c2ccc([N+](=O)[O-])cc2)c(=O)c1N=Nc1ccc(I)cc1. The Morgan fingerprint density at radius 3 is 2.32 bits per heavy atom. The van der Waals surface area contributed by atoms with Gasteiger partial charge in [-0.2, -0.15) is 5.11 Å². The molecule has 0 fully saturated rings. The van der Waals surface area contributed by atoms with E-state index in [0.717, 1.165) is 3.57 Å². The number of non-ortho nitro benzene ring substituents is 1. The number of nitrogens with zero attached hydrogens (tertiary/aromatic N) is 4. The number of rotatable bonds is 4. The molecule has 0 atom stereocenters. The van der Waals surface area contributed by atoms with Gasteiger partial charge in [0.1, 0.15) is 0 Å². The first-order chi connectivity index (χ1) is 12.0. The monoisotopic (exact) mass is 449 g/mol. The Hall–Kier alpha value is -2.82. The molecule has 0 saturated heterocycles. The van der Waals surface area contributed by atoms with E-state index in [-0.39, 0.29) is 16.9 Å².